The topological polar surface area (TPSA) is 76.3 Å². The van der Waals surface area contributed by atoms with E-state index in [-0.39, 0.29) is 11.6 Å². The average Bonchev–Trinajstić information content (AvgIpc) is 3.08. The number of thioether (sulfide) groups is 1. The Morgan fingerprint density at radius 1 is 1.31 bits per heavy atom. The monoisotopic (exact) mass is 385 g/mol. The van der Waals surface area contributed by atoms with Crippen LogP contribution in [0.3, 0.4) is 0 Å². The molecule has 1 aromatic heterocycles. The summed E-state index contributed by atoms with van der Waals surface area (Å²) in [6.07, 6.45) is 1.57. The fourth-order valence-corrected chi connectivity index (χ4v) is 5.01. The van der Waals surface area contributed by atoms with Crippen molar-refractivity contribution in [2.24, 2.45) is 0 Å². The number of thiazole rings is 1. The van der Waals surface area contributed by atoms with Gasteiger partial charge in [-0.15, -0.1) is 11.3 Å². The van der Waals surface area contributed by atoms with Crippen LogP contribution in [0.25, 0.3) is 10.2 Å². The fourth-order valence-electron chi connectivity index (χ4n) is 3.07. The summed E-state index contributed by atoms with van der Waals surface area (Å²) in [6.45, 7) is 0.643. The van der Waals surface area contributed by atoms with E-state index in [2.05, 4.69) is 4.98 Å². The molecule has 0 radical (unpaired) electrons. The lowest BCUT2D eigenvalue weighted by atomic mass is 10.0. The van der Waals surface area contributed by atoms with E-state index in [0.717, 1.165) is 38.6 Å². The summed E-state index contributed by atoms with van der Waals surface area (Å²) >= 11 is 3.02. The largest absolute Gasteiger partial charge is 0.311 e. The van der Waals surface area contributed by atoms with Gasteiger partial charge in [-0.2, -0.15) is 0 Å². The number of carbonyl (C=O) groups is 1. The van der Waals surface area contributed by atoms with Crippen LogP contribution in [0.1, 0.15) is 12.0 Å². The van der Waals surface area contributed by atoms with E-state index in [0.29, 0.717) is 12.3 Å². The number of aromatic nitrogens is 1. The zero-order chi connectivity index (χ0) is 18.1. The second-order valence-electron chi connectivity index (χ2n) is 5.96. The molecule has 0 bridgehead atoms. The molecule has 0 saturated heterocycles. The molecule has 132 valence electrons. The number of benzene rings is 2. The molecular formula is C18H15N3O3S2. The van der Waals surface area contributed by atoms with Gasteiger partial charge in [0.05, 0.1) is 20.9 Å². The number of hydrogen-bond acceptors (Lipinski definition) is 6. The molecule has 1 aliphatic heterocycles. The van der Waals surface area contributed by atoms with E-state index < -0.39 is 4.92 Å². The SMILES string of the molecule is O=C(CSc1nc2ccccc2s1)N1CCCc2cc([N+](=O)[O-])ccc21. The summed E-state index contributed by atoms with van der Waals surface area (Å²) in [6, 6.07) is 12.6. The van der Waals surface area contributed by atoms with Gasteiger partial charge in [0.2, 0.25) is 5.91 Å². The highest BCUT2D eigenvalue weighted by molar-refractivity contribution is 8.01. The maximum absolute atomic E-state index is 12.7. The second-order valence-corrected chi connectivity index (χ2v) is 8.21. The minimum absolute atomic E-state index is 0.00376. The molecule has 8 heteroatoms. The van der Waals surface area contributed by atoms with Crippen molar-refractivity contribution in [3.05, 3.63) is 58.1 Å². The van der Waals surface area contributed by atoms with Gasteiger partial charge in [0.15, 0.2) is 4.34 Å². The molecule has 0 spiro atoms. The standard InChI is InChI=1S/C18H15N3O3S2/c22-17(11-25-18-19-14-5-1-2-6-16(14)26-18)20-9-3-4-12-10-13(21(23)24)7-8-15(12)20/h1-2,5-8,10H,3-4,9,11H2. The average molecular weight is 385 g/mol. The van der Waals surface area contributed by atoms with Crippen molar-refractivity contribution in [1.82, 2.24) is 4.98 Å². The Morgan fingerprint density at radius 3 is 2.96 bits per heavy atom. The van der Waals surface area contributed by atoms with Gasteiger partial charge in [0.25, 0.3) is 5.69 Å². The van der Waals surface area contributed by atoms with Crippen molar-refractivity contribution in [3.8, 4) is 0 Å². The van der Waals surface area contributed by atoms with Gasteiger partial charge < -0.3 is 4.90 Å². The summed E-state index contributed by atoms with van der Waals surface area (Å²) in [5.74, 6) is 0.306. The third kappa shape index (κ3) is 3.30. The number of anilines is 1. The highest BCUT2D eigenvalue weighted by Gasteiger charge is 2.24. The maximum atomic E-state index is 12.7. The van der Waals surface area contributed by atoms with Gasteiger partial charge in [-0.05, 0) is 36.6 Å². The summed E-state index contributed by atoms with van der Waals surface area (Å²) in [5.41, 5.74) is 2.67. The van der Waals surface area contributed by atoms with Gasteiger partial charge in [-0.25, -0.2) is 4.98 Å². The number of hydrogen-bond donors (Lipinski definition) is 0. The molecule has 2 heterocycles. The predicted molar refractivity (Wildman–Crippen MR) is 104 cm³/mol. The molecule has 0 aliphatic carbocycles. The van der Waals surface area contributed by atoms with Crippen molar-refractivity contribution >= 4 is 50.6 Å². The maximum Gasteiger partial charge on any atom is 0.269 e. The van der Waals surface area contributed by atoms with Crippen molar-refractivity contribution in [2.75, 3.05) is 17.2 Å². The van der Waals surface area contributed by atoms with Crippen LogP contribution >= 0.6 is 23.1 Å². The van der Waals surface area contributed by atoms with Gasteiger partial charge in [-0.1, -0.05) is 23.9 Å². The van der Waals surface area contributed by atoms with Gasteiger partial charge in [-0.3, -0.25) is 14.9 Å². The molecule has 2 aromatic carbocycles. The summed E-state index contributed by atoms with van der Waals surface area (Å²) < 4.78 is 1.98. The Balaban J connectivity index is 1.49. The van der Waals surface area contributed by atoms with Gasteiger partial charge in [0, 0.05) is 24.4 Å². The number of aryl methyl sites for hydroxylation is 1. The molecule has 6 nitrogen and oxygen atoms in total. The summed E-state index contributed by atoms with van der Waals surface area (Å²) in [4.78, 5) is 29.5. The molecule has 1 aliphatic rings. The van der Waals surface area contributed by atoms with E-state index in [4.69, 9.17) is 0 Å². The fraction of sp³-hybridized carbons (Fsp3) is 0.222. The van der Waals surface area contributed by atoms with Crippen LogP contribution in [0.4, 0.5) is 11.4 Å². The highest BCUT2D eigenvalue weighted by atomic mass is 32.2. The molecule has 1 amide bonds. The number of rotatable bonds is 4. The molecule has 0 fully saturated rings. The zero-order valence-corrected chi connectivity index (χ0v) is 15.4. The number of carbonyl (C=O) groups excluding carboxylic acids is 1. The highest BCUT2D eigenvalue weighted by Crippen LogP contribution is 2.33. The number of nitro groups is 1. The molecule has 3 aromatic rings. The second kappa shape index (κ2) is 7.05. The molecule has 0 N–H and O–H groups in total. The minimum atomic E-state index is -0.399. The number of non-ortho nitro benzene ring substituents is 1. The number of nitrogens with zero attached hydrogens (tertiary/aromatic N) is 3. The van der Waals surface area contributed by atoms with E-state index in [1.54, 1.807) is 28.4 Å². The number of fused-ring (bicyclic) bond motifs is 2. The van der Waals surface area contributed by atoms with Gasteiger partial charge in [0.1, 0.15) is 0 Å². The van der Waals surface area contributed by atoms with Crippen molar-refractivity contribution in [2.45, 2.75) is 17.2 Å². The lowest BCUT2D eigenvalue weighted by Gasteiger charge is -2.29. The van der Waals surface area contributed by atoms with E-state index in [1.165, 1.54) is 17.8 Å². The van der Waals surface area contributed by atoms with Crippen LogP contribution < -0.4 is 4.90 Å². The van der Waals surface area contributed by atoms with Crippen LogP contribution in [0.2, 0.25) is 0 Å². The first-order valence-corrected chi connectivity index (χ1v) is 9.98. The molecule has 4 rings (SSSR count). The van der Waals surface area contributed by atoms with Crippen LogP contribution in [0.5, 0.6) is 0 Å². The Morgan fingerprint density at radius 2 is 2.15 bits per heavy atom. The van der Waals surface area contributed by atoms with Crippen molar-refractivity contribution in [3.63, 3.8) is 0 Å². The number of amides is 1. The van der Waals surface area contributed by atoms with Gasteiger partial charge >= 0.3 is 0 Å². The van der Waals surface area contributed by atoms with E-state index >= 15 is 0 Å². The molecule has 26 heavy (non-hydrogen) atoms. The Labute approximate surface area is 158 Å². The van der Waals surface area contributed by atoms with E-state index in [9.17, 15) is 14.9 Å². The number of para-hydroxylation sites is 1. The van der Waals surface area contributed by atoms with Crippen molar-refractivity contribution in [1.29, 1.82) is 0 Å². The normalized spacial score (nSPS) is 13.6. The smallest absolute Gasteiger partial charge is 0.269 e. The predicted octanol–water partition coefficient (Wildman–Crippen LogP) is 4.28. The summed E-state index contributed by atoms with van der Waals surface area (Å²) in [7, 11) is 0. The quantitative estimate of drug-likeness (QED) is 0.381. The van der Waals surface area contributed by atoms with Crippen LogP contribution in [-0.2, 0) is 11.2 Å². The Hall–Kier alpha value is -2.45. The van der Waals surface area contributed by atoms with Crippen molar-refractivity contribution < 1.29 is 9.72 Å². The molecular weight excluding hydrogens is 370 g/mol. The third-order valence-corrected chi connectivity index (χ3v) is 6.45. The Kier molecular flexibility index (Phi) is 4.60. The first-order valence-electron chi connectivity index (χ1n) is 8.18. The molecule has 0 unspecified atom stereocenters. The molecule has 0 atom stereocenters. The minimum Gasteiger partial charge on any atom is -0.311 e. The zero-order valence-electron chi connectivity index (χ0n) is 13.8. The first-order chi connectivity index (χ1) is 12.6. The first kappa shape index (κ1) is 17.0. The van der Waals surface area contributed by atoms with Crippen LogP contribution in [0, 0.1) is 10.1 Å². The molecule has 0 saturated carbocycles. The van der Waals surface area contributed by atoms with Crippen LogP contribution in [0.15, 0.2) is 46.8 Å². The lowest BCUT2D eigenvalue weighted by molar-refractivity contribution is -0.384. The number of nitro benzene ring substituents is 1. The Bertz CT molecular complexity index is 969. The van der Waals surface area contributed by atoms with Crippen LogP contribution in [-0.4, -0.2) is 28.1 Å². The lowest BCUT2D eigenvalue weighted by Crippen LogP contribution is -2.36. The summed E-state index contributed by atoms with van der Waals surface area (Å²) in [5, 5.41) is 11.0. The van der Waals surface area contributed by atoms with E-state index in [1.807, 2.05) is 24.3 Å². The third-order valence-electron chi connectivity index (χ3n) is 4.29.